The average molecular weight is 374 g/mol. The predicted octanol–water partition coefficient (Wildman–Crippen LogP) is 3.08. The molecule has 1 aromatic heterocycles. The molecule has 0 aliphatic carbocycles. The van der Waals surface area contributed by atoms with Crippen molar-refractivity contribution in [2.24, 2.45) is 0 Å². The van der Waals surface area contributed by atoms with E-state index in [4.69, 9.17) is 0 Å². The Morgan fingerprint density at radius 2 is 1.84 bits per heavy atom. The van der Waals surface area contributed by atoms with Crippen molar-refractivity contribution < 1.29 is 21.6 Å². The Labute approximate surface area is 143 Å². The van der Waals surface area contributed by atoms with Gasteiger partial charge in [-0.2, -0.15) is 13.2 Å². The van der Waals surface area contributed by atoms with E-state index in [1.54, 1.807) is 0 Å². The number of hydrogen-bond acceptors (Lipinski definition) is 5. The molecule has 10 heteroatoms. The van der Waals surface area contributed by atoms with Gasteiger partial charge in [0.25, 0.3) is 9.84 Å². The molecule has 1 aliphatic rings. The fraction of sp³-hybridized carbons (Fsp3) is 0.467. The van der Waals surface area contributed by atoms with Crippen LogP contribution in [0.5, 0.6) is 0 Å². The van der Waals surface area contributed by atoms with Crippen molar-refractivity contribution in [1.82, 2.24) is 14.8 Å². The highest BCUT2D eigenvalue weighted by Crippen LogP contribution is 2.31. The molecule has 1 aromatic carbocycles. The summed E-state index contributed by atoms with van der Waals surface area (Å²) in [5.41, 5.74) is -4.81. The second-order valence-corrected chi connectivity index (χ2v) is 7.86. The number of anilines is 1. The van der Waals surface area contributed by atoms with Gasteiger partial charge >= 0.3 is 5.51 Å². The minimum Gasteiger partial charge on any atom is -0.375 e. The Morgan fingerprint density at radius 1 is 1.16 bits per heavy atom. The Morgan fingerprint density at radius 3 is 2.48 bits per heavy atom. The van der Waals surface area contributed by atoms with E-state index in [0.29, 0.717) is 5.69 Å². The molecule has 0 saturated carbocycles. The van der Waals surface area contributed by atoms with E-state index in [1.807, 2.05) is 11.5 Å². The Balaban J connectivity index is 1.77. The second kappa shape index (κ2) is 6.32. The van der Waals surface area contributed by atoms with Crippen LogP contribution < -0.4 is 5.32 Å². The lowest BCUT2D eigenvalue weighted by Crippen LogP contribution is -2.23. The molecule has 0 spiro atoms. The highest BCUT2D eigenvalue weighted by Gasteiger charge is 2.46. The van der Waals surface area contributed by atoms with Crippen LogP contribution in [-0.4, -0.2) is 28.7 Å². The molecular formula is C15H17F3N4O2S. The number of nitrogens with zero attached hydrogens (tertiary/aromatic N) is 3. The van der Waals surface area contributed by atoms with Gasteiger partial charge in [-0.3, -0.25) is 0 Å². The minimum absolute atomic E-state index is 0.218. The first-order valence-corrected chi connectivity index (χ1v) is 9.28. The van der Waals surface area contributed by atoms with Crippen LogP contribution in [0.4, 0.5) is 18.9 Å². The molecule has 1 atom stereocenters. The van der Waals surface area contributed by atoms with Crippen LogP contribution in [-0.2, 0) is 22.8 Å². The van der Waals surface area contributed by atoms with Gasteiger partial charge in [-0.1, -0.05) is 0 Å². The smallest absolute Gasteiger partial charge is 0.375 e. The summed E-state index contributed by atoms with van der Waals surface area (Å²) in [6.07, 6.45) is 3.01. The van der Waals surface area contributed by atoms with Gasteiger partial charge in [0.1, 0.15) is 5.82 Å². The fourth-order valence-corrected chi connectivity index (χ4v) is 3.59. The standard InChI is InChI=1S/C15H17F3N4O2S/c1-10(14-21-20-13-4-2-3-9-22(13)14)19-11-5-7-12(8-6-11)25(23,24)15(16,17)18/h5-8,10,19H,2-4,9H2,1H3. The third kappa shape index (κ3) is 3.35. The molecule has 2 heterocycles. The van der Waals surface area contributed by atoms with Crippen LogP contribution in [0.1, 0.15) is 37.5 Å². The number of rotatable bonds is 4. The van der Waals surface area contributed by atoms with Crippen molar-refractivity contribution in [3.63, 3.8) is 0 Å². The van der Waals surface area contributed by atoms with Crippen LogP contribution in [0.25, 0.3) is 0 Å². The average Bonchev–Trinajstić information content (AvgIpc) is 2.98. The molecule has 1 aliphatic heterocycles. The first-order chi connectivity index (χ1) is 11.7. The van der Waals surface area contributed by atoms with Gasteiger partial charge in [-0.05, 0) is 44.0 Å². The second-order valence-electron chi connectivity index (χ2n) is 5.92. The van der Waals surface area contributed by atoms with Gasteiger partial charge in [0.05, 0.1) is 10.9 Å². The summed E-state index contributed by atoms with van der Waals surface area (Å²) in [6, 6.07) is 4.28. The Kier molecular flexibility index (Phi) is 4.48. The van der Waals surface area contributed by atoms with Crippen LogP contribution in [0.2, 0.25) is 0 Å². The SMILES string of the molecule is CC(Nc1ccc(S(=O)(=O)C(F)(F)F)cc1)c1nnc2n1CCCC2. The zero-order chi connectivity index (χ0) is 18.2. The van der Waals surface area contributed by atoms with Crippen LogP contribution in [0.3, 0.4) is 0 Å². The quantitative estimate of drug-likeness (QED) is 0.890. The van der Waals surface area contributed by atoms with E-state index < -0.39 is 20.2 Å². The van der Waals surface area contributed by atoms with Gasteiger partial charge in [-0.15, -0.1) is 10.2 Å². The number of fused-ring (bicyclic) bond motifs is 1. The molecule has 0 radical (unpaired) electrons. The molecule has 0 bridgehead atoms. The largest absolute Gasteiger partial charge is 0.501 e. The molecule has 6 nitrogen and oxygen atoms in total. The lowest BCUT2D eigenvalue weighted by Gasteiger charge is -2.19. The molecular weight excluding hydrogens is 357 g/mol. The molecule has 0 saturated heterocycles. The van der Waals surface area contributed by atoms with Crippen LogP contribution >= 0.6 is 0 Å². The van der Waals surface area contributed by atoms with Crippen molar-refractivity contribution >= 4 is 15.5 Å². The van der Waals surface area contributed by atoms with Gasteiger partial charge in [-0.25, -0.2) is 8.42 Å². The van der Waals surface area contributed by atoms with E-state index in [-0.39, 0.29) is 6.04 Å². The number of alkyl halides is 3. The summed E-state index contributed by atoms with van der Waals surface area (Å²) < 4.78 is 62.4. The lowest BCUT2D eigenvalue weighted by molar-refractivity contribution is -0.0436. The molecule has 25 heavy (non-hydrogen) atoms. The highest BCUT2D eigenvalue weighted by molar-refractivity contribution is 7.92. The Hall–Kier alpha value is -2.10. The maximum Gasteiger partial charge on any atom is 0.501 e. The number of hydrogen-bond donors (Lipinski definition) is 1. The maximum absolute atomic E-state index is 12.6. The normalized spacial score (nSPS) is 16.3. The molecule has 136 valence electrons. The molecule has 1 N–H and O–H groups in total. The number of aromatic nitrogens is 3. The number of halogens is 3. The van der Waals surface area contributed by atoms with E-state index in [1.165, 1.54) is 12.1 Å². The van der Waals surface area contributed by atoms with Gasteiger partial charge in [0, 0.05) is 18.7 Å². The zero-order valence-corrected chi connectivity index (χ0v) is 14.2. The summed E-state index contributed by atoms with van der Waals surface area (Å²) in [7, 11) is -5.33. The summed E-state index contributed by atoms with van der Waals surface area (Å²) in [6.45, 7) is 2.71. The van der Waals surface area contributed by atoms with Crippen LogP contribution in [0.15, 0.2) is 29.2 Å². The van der Waals surface area contributed by atoms with E-state index in [9.17, 15) is 21.6 Å². The van der Waals surface area contributed by atoms with Crippen molar-refractivity contribution in [2.75, 3.05) is 5.32 Å². The zero-order valence-electron chi connectivity index (χ0n) is 13.4. The monoisotopic (exact) mass is 374 g/mol. The van der Waals surface area contributed by atoms with Gasteiger partial charge in [0.2, 0.25) is 0 Å². The first kappa shape index (κ1) is 17.7. The lowest BCUT2D eigenvalue weighted by atomic mass is 10.1. The van der Waals surface area contributed by atoms with Gasteiger partial charge in [0.15, 0.2) is 5.82 Å². The van der Waals surface area contributed by atoms with Crippen LogP contribution in [0, 0.1) is 0 Å². The van der Waals surface area contributed by atoms with E-state index >= 15 is 0 Å². The summed E-state index contributed by atoms with van der Waals surface area (Å²) in [5, 5.41) is 11.5. The number of sulfone groups is 1. The van der Waals surface area contributed by atoms with E-state index in [2.05, 4.69) is 15.5 Å². The third-order valence-corrected chi connectivity index (χ3v) is 5.63. The molecule has 1 unspecified atom stereocenters. The highest BCUT2D eigenvalue weighted by atomic mass is 32.2. The van der Waals surface area contributed by atoms with Crippen molar-refractivity contribution in [3.05, 3.63) is 35.9 Å². The van der Waals surface area contributed by atoms with Crippen molar-refractivity contribution in [2.45, 2.75) is 49.2 Å². The predicted molar refractivity (Wildman–Crippen MR) is 84.7 cm³/mol. The first-order valence-electron chi connectivity index (χ1n) is 7.80. The Bertz CT molecular complexity index is 860. The summed E-state index contributed by atoms with van der Waals surface area (Å²) in [4.78, 5) is -0.780. The molecule has 2 aromatic rings. The number of benzene rings is 1. The third-order valence-electron chi connectivity index (χ3n) is 4.13. The number of aryl methyl sites for hydroxylation is 1. The van der Waals surface area contributed by atoms with Crippen molar-refractivity contribution in [3.8, 4) is 0 Å². The maximum atomic E-state index is 12.6. The van der Waals surface area contributed by atoms with E-state index in [0.717, 1.165) is 49.6 Å². The van der Waals surface area contributed by atoms with Gasteiger partial charge < -0.3 is 9.88 Å². The van der Waals surface area contributed by atoms with Crippen molar-refractivity contribution in [1.29, 1.82) is 0 Å². The minimum atomic E-state index is -5.33. The number of nitrogens with one attached hydrogen (secondary N) is 1. The summed E-state index contributed by atoms with van der Waals surface area (Å²) in [5.74, 6) is 1.68. The summed E-state index contributed by atoms with van der Waals surface area (Å²) >= 11 is 0. The topological polar surface area (TPSA) is 76.9 Å². The molecule has 0 amide bonds. The fourth-order valence-electron chi connectivity index (χ4n) is 2.83. The molecule has 0 fully saturated rings. The molecule has 3 rings (SSSR count).